The van der Waals surface area contributed by atoms with E-state index in [-0.39, 0.29) is 24.9 Å². The smallest absolute Gasteiger partial charge is 0.407 e. The Kier molecular flexibility index (Phi) is 8.68. The molecule has 0 spiro atoms. The molecule has 0 aliphatic heterocycles. The third-order valence-corrected chi connectivity index (χ3v) is 3.65. The summed E-state index contributed by atoms with van der Waals surface area (Å²) in [6.07, 6.45) is 8.02. The van der Waals surface area contributed by atoms with Gasteiger partial charge in [0.25, 0.3) is 0 Å². The minimum atomic E-state index is -0.682. The minimum absolute atomic E-state index is 0.0722. The van der Waals surface area contributed by atoms with E-state index in [2.05, 4.69) is 16.0 Å². The zero-order valence-electron chi connectivity index (χ0n) is 17.7. The Bertz CT molecular complexity index is 832. The summed E-state index contributed by atoms with van der Waals surface area (Å²) in [7, 11) is 0. The van der Waals surface area contributed by atoms with Gasteiger partial charge in [-0.2, -0.15) is 0 Å². The first-order chi connectivity index (χ1) is 14.7. The molecule has 2 aromatic rings. The topological polar surface area (TPSA) is 123 Å². The summed E-state index contributed by atoms with van der Waals surface area (Å²) in [6.45, 7) is 5.36. The lowest BCUT2D eigenvalue weighted by atomic mass is 10.2. The predicted octanol–water partition coefficient (Wildman–Crippen LogP) is 2.72. The van der Waals surface area contributed by atoms with Gasteiger partial charge in [-0.3, -0.25) is 9.59 Å². The van der Waals surface area contributed by atoms with E-state index in [9.17, 15) is 14.4 Å². The molecule has 31 heavy (non-hydrogen) atoms. The average molecular weight is 429 g/mol. The highest BCUT2D eigenvalue weighted by Gasteiger charge is 2.20. The minimum Gasteiger partial charge on any atom is -0.465 e. The molecule has 0 bridgehead atoms. The number of rotatable bonds is 9. The molecule has 0 aliphatic carbocycles. The summed E-state index contributed by atoms with van der Waals surface area (Å²) < 4.78 is 15.5. The summed E-state index contributed by atoms with van der Waals surface area (Å²) in [4.78, 5) is 36.2. The maximum absolute atomic E-state index is 12.1. The zero-order chi connectivity index (χ0) is 22.7. The third-order valence-electron chi connectivity index (χ3n) is 3.65. The van der Waals surface area contributed by atoms with Crippen LogP contribution in [-0.4, -0.2) is 42.6 Å². The summed E-state index contributed by atoms with van der Waals surface area (Å²) in [6, 6.07) is 6.24. The maximum atomic E-state index is 12.1. The fourth-order valence-electron chi connectivity index (χ4n) is 2.30. The quantitative estimate of drug-likeness (QED) is 0.527. The molecule has 2 aromatic heterocycles. The van der Waals surface area contributed by atoms with Gasteiger partial charge in [0.15, 0.2) is 0 Å². The maximum Gasteiger partial charge on any atom is 0.407 e. The summed E-state index contributed by atoms with van der Waals surface area (Å²) in [5.41, 5.74) is -0.682. The van der Waals surface area contributed by atoms with Crippen LogP contribution in [0.4, 0.5) is 4.79 Å². The number of carbonyl (C=O) groups excluding carboxylic acids is 3. The van der Waals surface area contributed by atoms with Crippen LogP contribution in [0.5, 0.6) is 0 Å². The molecule has 2 heterocycles. The fraction of sp³-hybridized carbons (Fsp3) is 0.318. The van der Waals surface area contributed by atoms with Crippen molar-refractivity contribution in [2.45, 2.75) is 32.4 Å². The van der Waals surface area contributed by atoms with Crippen molar-refractivity contribution in [1.29, 1.82) is 0 Å². The van der Waals surface area contributed by atoms with Crippen LogP contribution >= 0.6 is 0 Å². The molecule has 0 aromatic carbocycles. The molecule has 2 rings (SSSR count). The zero-order valence-corrected chi connectivity index (χ0v) is 17.7. The van der Waals surface area contributed by atoms with E-state index < -0.39 is 17.7 Å². The van der Waals surface area contributed by atoms with Gasteiger partial charge < -0.3 is 29.5 Å². The second-order valence-corrected chi connectivity index (χ2v) is 7.53. The number of hydrogen-bond donors (Lipinski definition) is 3. The SMILES string of the molecule is CC(C)(C)OC(=O)NC(CNC(=O)/C=C/c1ccco1)CNC(=O)/C=C/c1ccco1. The molecule has 9 nitrogen and oxygen atoms in total. The normalized spacial score (nSPS) is 11.7. The van der Waals surface area contributed by atoms with Crippen LogP contribution in [0.3, 0.4) is 0 Å². The van der Waals surface area contributed by atoms with E-state index in [1.807, 2.05) is 0 Å². The molecule has 3 amide bonds. The van der Waals surface area contributed by atoms with Crippen molar-refractivity contribution in [3.05, 3.63) is 60.5 Å². The van der Waals surface area contributed by atoms with E-state index in [4.69, 9.17) is 13.6 Å². The average Bonchev–Trinajstić information content (AvgIpc) is 3.39. The number of nitrogens with one attached hydrogen (secondary N) is 3. The number of hydrogen-bond acceptors (Lipinski definition) is 6. The molecule has 0 radical (unpaired) electrons. The Morgan fingerprint density at radius 1 is 0.935 bits per heavy atom. The largest absolute Gasteiger partial charge is 0.465 e. The lowest BCUT2D eigenvalue weighted by Crippen LogP contribution is -2.50. The van der Waals surface area contributed by atoms with Gasteiger partial charge in [0.2, 0.25) is 11.8 Å². The van der Waals surface area contributed by atoms with Crippen molar-refractivity contribution in [2.24, 2.45) is 0 Å². The second-order valence-electron chi connectivity index (χ2n) is 7.53. The lowest BCUT2D eigenvalue weighted by molar-refractivity contribution is -0.116. The summed E-state index contributed by atoms with van der Waals surface area (Å²) in [5, 5.41) is 7.99. The Balaban J connectivity index is 1.89. The Labute approximate surface area is 180 Å². The summed E-state index contributed by atoms with van der Waals surface area (Å²) in [5.74, 6) is 0.316. The number of alkyl carbamates (subject to hydrolysis) is 1. The molecule has 0 atom stereocenters. The van der Waals surface area contributed by atoms with Crippen molar-refractivity contribution in [3.8, 4) is 0 Å². The van der Waals surface area contributed by atoms with Crippen LogP contribution < -0.4 is 16.0 Å². The van der Waals surface area contributed by atoms with Crippen molar-refractivity contribution < 1.29 is 28.0 Å². The van der Waals surface area contributed by atoms with Crippen molar-refractivity contribution in [3.63, 3.8) is 0 Å². The van der Waals surface area contributed by atoms with Gasteiger partial charge in [-0.15, -0.1) is 0 Å². The number of ether oxygens (including phenoxy) is 1. The van der Waals surface area contributed by atoms with E-state index in [1.165, 1.54) is 36.8 Å². The van der Waals surface area contributed by atoms with Gasteiger partial charge in [-0.25, -0.2) is 4.79 Å². The number of furan rings is 2. The van der Waals surface area contributed by atoms with Gasteiger partial charge in [-0.1, -0.05) is 0 Å². The molecule has 0 saturated carbocycles. The molecule has 166 valence electrons. The predicted molar refractivity (Wildman–Crippen MR) is 115 cm³/mol. The van der Waals surface area contributed by atoms with Crippen molar-refractivity contribution in [2.75, 3.05) is 13.1 Å². The lowest BCUT2D eigenvalue weighted by Gasteiger charge is -2.24. The van der Waals surface area contributed by atoms with E-state index in [1.54, 1.807) is 45.0 Å². The Hall–Kier alpha value is -3.75. The van der Waals surface area contributed by atoms with Crippen LogP contribution in [0.1, 0.15) is 32.3 Å². The van der Waals surface area contributed by atoms with Gasteiger partial charge in [-0.05, 0) is 57.2 Å². The van der Waals surface area contributed by atoms with E-state index in [0.717, 1.165) is 0 Å². The summed E-state index contributed by atoms with van der Waals surface area (Å²) >= 11 is 0. The van der Waals surface area contributed by atoms with Gasteiger partial charge in [0.05, 0.1) is 18.6 Å². The molecule has 0 fully saturated rings. The van der Waals surface area contributed by atoms with Crippen LogP contribution in [-0.2, 0) is 14.3 Å². The highest BCUT2D eigenvalue weighted by Crippen LogP contribution is 2.07. The molecule has 3 N–H and O–H groups in total. The monoisotopic (exact) mass is 429 g/mol. The molecular weight excluding hydrogens is 402 g/mol. The Morgan fingerprint density at radius 3 is 1.81 bits per heavy atom. The molecule has 0 saturated heterocycles. The van der Waals surface area contributed by atoms with Crippen LogP contribution in [0.15, 0.2) is 57.8 Å². The standard InChI is InChI=1S/C22H27N3O6/c1-22(2,3)31-21(28)25-16(14-23-19(26)10-8-17-6-4-12-29-17)15-24-20(27)11-9-18-7-5-13-30-18/h4-13,16H,14-15H2,1-3H3,(H,23,26)(H,24,27)(H,25,28)/b10-8+,11-9+. The first-order valence-electron chi connectivity index (χ1n) is 9.69. The highest BCUT2D eigenvalue weighted by atomic mass is 16.6. The van der Waals surface area contributed by atoms with Crippen LogP contribution in [0, 0.1) is 0 Å². The van der Waals surface area contributed by atoms with Crippen molar-refractivity contribution in [1.82, 2.24) is 16.0 Å². The van der Waals surface area contributed by atoms with Crippen LogP contribution in [0.25, 0.3) is 12.2 Å². The molecule has 0 aliphatic rings. The third kappa shape index (κ3) is 10.0. The van der Waals surface area contributed by atoms with Crippen LogP contribution in [0.2, 0.25) is 0 Å². The second kappa shape index (κ2) is 11.4. The first-order valence-corrected chi connectivity index (χ1v) is 9.69. The first kappa shape index (κ1) is 23.5. The highest BCUT2D eigenvalue weighted by molar-refractivity contribution is 5.92. The van der Waals surface area contributed by atoms with Gasteiger partial charge in [0.1, 0.15) is 17.1 Å². The Morgan fingerprint density at radius 2 is 1.42 bits per heavy atom. The van der Waals surface area contributed by atoms with Gasteiger partial charge >= 0.3 is 6.09 Å². The van der Waals surface area contributed by atoms with E-state index in [0.29, 0.717) is 11.5 Å². The molecular formula is C22H27N3O6. The van der Waals surface area contributed by atoms with E-state index >= 15 is 0 Å². The molecule has 9 heteroatoms. The van der Waals surface area contributed by atoms with Gasteiger partial charge in [0, 0.05) is 25.2 Å². The molecule has 0 unspecified atom stereocenters. The number of amides is 3. The fourth-order valence-corrected chi connectivity index (χ4v) is 2.30. The van der Waals surface area contributed by atoms with Crippen molar-refractivity contribution >= 4 is 30.1 Å². The number of carbonyl (C=O) groups is 3.